The van der Waals surface area contributed by atoms with E-state index in [-0.39, 0.29) is 183 Å². The number of rotatable bonds is 48. The number of ketones is 4. The lowest BCUT2D eigenvalue weighted by Gasteiger charge is -2.34. The van der Waals surface area contributed by atoms with Crippen molar-refractivity contribution in [1.29, 1.82) is 0 Å². The average molecular weight is 1930 g/mol. The Morgan fingerprint density at radius 3 is 0.465 bits per heavy atom. The molecule has 32 bridgehead atoms. The zero-order valence-corrected chi connectivity index (χ0v) is 83.3. The van der Waals surface area contributed by atoms with Crippen molar-refractivity contribution in [2.45, 2.75) is 285 Å². The van der Waals surface area contributed by atoms with Gasteiger partial charge >= 0.3 is 0 Å². The molecule has 0 N–H and O–H groups in total. The summed E-state index contributed by atoms with van der Waals surface area (Å²) >= 11 is 0. The van der Waals surface area contributed by atoms with E-state index in [1.807, 2.05) is 0 Å². The average Bonchev–Trinajstić information content (AvgIpc) is 0.684. The van der Waals surface area contributed by atoms with Crippen LogP contribution in [0.2, 0.25) is 0 Å². The maximum absolute atomic E-state index is 17.2. The van der Waals surface area contributed by atoms with E-state index in [2.05, 4.69) is 27.7 Å². The fourth-order valence-electron chi connectivity index (χ4n) is 24.3. The fraction of sp³-hybridized carbons (Fsp3) is 0.387. The van der Waals surface area contributed by atoms with Gasteiger partial charge in [-0.3, -0.25) is 57.5 Å². The molecule has 0 radical (unpaired) electrons. The molecule has 0 saturated heterocycles. The molecule has 14 aromatic rings. The molecule has 144 heavy (non-hydrogen) atoms. The van der Waals surface area contributed by atoms with Crippen LogP contribution in [0.15, 0.2) is 146 Å². The summed E-state index contributed by atoms with van der Waals surface area (Å²) in [5, 5.41) is 7.62. The van der Waals surface area contributed by atoms with E-state index in [0.717, 1.165) is 148 Å². The van der Waals surface area contributed by atoms with Crippen LogP contribution < -0.4 is 38.5 Å². The molecule has 0 fully saturated rings. The van der Waals surface area contributed by atoms with Gasteiger partial charge in [0.05, 0.1) is 93.7 Å². The number of anilines is 4. The van der Waals surface area contributed by atoms with Crippen LogP contribution >= 0.6 is 0 Å². The Morgan fingerprint density at radius 2 is 0.306 bits per heavy atom. The van der Waals surface area contributed by atoms with Gasteiger partial charge < -0.3 is 18.9 Å². The lowest BCUT2D eigenvalue weighted by molar-refractivity contribution is 0.0874. The van der Waals surface area contributed by atoms with E-state index in [9.17, 15) is 0 Å². The summed E-state index contributed by atoms with van der Waals surface area (Å²) in [6.45, 7) is 9.39. The van der Waals surface area contributed by atoms with Crippen molar-refractivity contribution in [2.75, 3.05) is 46.0 Å². The Hall–Kier alpha value is -13.9. The Kier molecular flexibility index (Phi) is 27.7. The van der Waals surface area contributed by atoms with Crippen molar-refractivity contribution in [1.82, 2.24) is 0 Å². The Labute approximate surface area is 838 Å². The number of carbonyl (C=O) groups is 12. The Balaban J connectivity index is 0.728. The second-order valence-electron chi connectivity index (χ2n) is 40.8. The smallest absolute Gasteiger partial charge is 0.266 e. The molecule has 20 nitrogen and oxygen atoms in total. The van der Waals surface area contributed by atoms with E-state index in [1.165, 1.54) is 151 Å². The standard InChI is InChI=1S/C124H124N4O16/c1-5-9-13-17-21-25-29-33-37-41-69-141-93-65-61-89-105-109(93)115(131)110-94(142-70-42-38-34-30-26-22-18-14-10-6-2)66-62-90(106(110)113(105)129)126-119(135)83-55-47-77-79-51-59-87-104-88(60-52-80(100(79)104)78-48-56-84(120(126)136)102(83)98(77)78)124(140)128(123(87)139)92-64-68-96(144-72-44-40-36-32-28-24-20-16-12-8-4)112-108(92)114(130)107-91(63-67-95(111(107)116(112)132)143-71-43-39-35-31-27-23-19-15-11-7-3)127-121(137)85-57-49-75-73-45-53-81-101-82(118(134)125(89)117(81)133)54-46-74(97(73)101)76-50-58-86(122(127)138)103(85)99(75)76/h45-68H,5-44,69-72H2,1-4H3. The summed E-state index contributed by atoms with van der Waals surface area (Å²) in [6, 6.07) is 38.8. The molecule has 20 heteroatoms. The molecule has 2 aliphatic carbocycles. The normalized spacial score (nSPS) is 14.5. The number of ether oxygens (including phenoxy) is 4. The number of benzene rings is 14. The molecule has 736 valence electrons. The molecule has 33 rings (SSSR count). The van der Waals surface area contributed by atoms with Crippen molar-refractivity contribution >= 4 is 179 Å². The van der Waals surface area contributed by atoms with Crippen LogP contribution in [0.25, 0.3) is 86.2 Å². The predicted molar refractivity (Wildman–Crippen MR) is 569 cm³/mol. The molecule has 0 saturated carbocycles. The Bertz CT molecular complexity index is 6540. The van der Waals surface area contributed by atoms with Crippen molar-refractivity contribution < 1.29 is 76.5 Å². The van der Waals surface area contributed by atoms with Crippen LogP contribution in [0.3, 0.4) is 0 Å². The van der Waals surface area contributed by atoms with Crippen LogP contribution in [0.4, 0.5) is 22.7 Å². The lowest BCUT2D eigenvalue weighted by atomic mass is 9.79. The second kappa shape index (κ2) is 41.5. The highest BCUT2D eigenvalue weighted by Gasteiger charge is 2.51. The molecule has 17 aliphatic heterocycles. The van der Waals surface area contributed by atoms with Gasteiger partial charge in [-0.2, -0.15) is 0 Å². The predicted octanol–water partition coefficient (Wildman–Crippen LogP) is 30.1. The maximum Gasteiger partial charge on any atom is 0.266 e. The van der Waals surface area contributed by atoms with Crippen LogP contribution in [0, 0.1) is 0 Å². The topological polar surface area (TPSA) is 255 Å². The van der Waals surface area contributed by atoms with E-state index < -0.39 is 70.4 Å². The van der Waals surface area contributed by atoms with Crippen molar-refractivity contribution in [3.63, 3.8) is 0 Å². The minimum Gasteiger partial charge on any atom is -0.493 e. The van der Waals surface area contributed by atoms with Crippen LogP contribution in [-0.4, -0.2) is 96.8 Å². The van der Waals surface area contributed by atoms with Gasteiger partial charge in [0.25, 0.3) is 47.3 Å². The zero-order chi connectivity index (χ0) is 99.2. The zero-order valence-electron chi connectivity index (χ0n) is 83.3. The van der Waals surface area contributed by atoms with Gasteiger partial charge in [0.15, 0.2) is 11.6 Å². The summed E-state index contributed by atoms with van der Waals surface area (Å²) < 4.78 is 26.9. The summed E-state index contributed by atoms with van der Waals surface area (Å²) in [4.78, 5) is 203. The van der Waals surface area contributed by atoms with Crippen LogP contribution in [0.1, 0.15) is 431 Å². The second-order valence-corrected chi connectivity index (χ2v) is 40.8. The maximum atomic E-state index is 17.2. The van der Waals surface area contributed by atoms with Crippen molar-refractivity contribution in [2.24, 2.45) is 0 Å². The molecule has 0 spiro atoms. The van der Waals surface area contributed by atoms with E-state index in [0.29, 0.717) is 90.3 Å². The van der Waals surface area contributed by atoms with E-state index in [4.69, 9.17) is 18.9 Å². The van der Waals surface area contributed by atoms with E-state index in [1.54, 1.807) is 97.1 Å². The van der Waals surface area contributed by atoms with Gasteiger partial charge in [0.1, 0.15) is 23.0 Å². The van der Waals surface area contributed by atoms with Gasteiger partial charge in [-0.1, -0.05) is 307 Å². The largest absolute Gasteiger partial charge is 0.493 e. The van der Waals surface area contributed by atoms with Gasteiger partial charge in [0, 0.05) is 66.1 Å². The number of amides is 8. The minimum atomic E-state index is -0.894. The summed E-state index contributed by atoms with van der Waals surface area (Å²) in [5.41, 5.74) is -2.87. The number of unbranched alkanes of at least 4 members (excludes halogenated alkanes) is 36. The monoisotopic (exact) mass is 1920 g/mol. The molecule has 0 atom stereocenters. The van der Waals surface area contributed by atoms with Crippen LogP contribution in [0.5, 0.6) is 23.0 Å². The van der Waals surface area contributed by atoms with Crippen molar-refractivity contribution in [3.05, 3.63) is 235 Å². The minimum absolute atomic E-state index is 0.0167. The van der Waals surface area contributed by atoms with E-state index >= 15 is 57.5 Å². The SMILES string of the molecule is CCCCCCCCCCCCOc1ccc2c3c1C(=O)c1c(OCCCCCCCCCCCC)ccc(c1C3=O)N1C(=O)c3ccc4c5ccc6c7c(ccc(c8ccc(c3c48)C1=O)c75)C(=O)N(C6=O)c1ccc(OCCCCCCCCCCCC)c3c1C(=O)c1c(ccc(OCCCCCCCCCCCC)c1C3=O)N1C(=O)c3ccc4c5ccc6c7c(ccc(c8ccc(c3c48)C1=O)c75)C(=O)N2C6=O. The number of imide groups is 4. The first kappa shape index (κ1) is 96.3. The fourth-order valence-corrected chi connectivity index (χ4v) is 24.3. The number of carbonyl (C=O) groups excluding carboxylic acids is 12. The number of hydrogen-bond acceptors (Lipinski definition) is 16. The first-order chi connectivity index (χ1) is 70.5. The quantitative estimate of drug-likeness (QED) is 0.0149. The third-order valence-corrected chi connectivity index (χ3v) is 31.7. The summed E-state index contributed by atoms with van der Waals surface area (Å²) in [5.74, 6) is -9.91. The highest BCUT2D eigenvalue weighted by Crippen LogP contribution is 2.56. The highest BCUT2D eigenvalue weighted by atomic mass is 16.5. The third kappa shape index (κ3) is 16.5. The van der Waals surface area contributed by atoms with Crippen LogP contribution in [-0.2, 0) is 0 Å². The molecule has 14 aromatic carbocycles. The number of hydrogen-bond donors (Lipinski definition) is 0. The molecular formula is C124H124N4O16. The van der Waals surface area contributed by atoms with Crippen molar-refractivity contribution in [3.8, 4) is 23.0 Å². The third-order valence-electron chi connectivity index (χ3n) is 31.7. The first-order valence-electron chi connectivity index (χ1n) is 53.9. The number of nitrogens with zero attached hydrogens (tertiary/aromatic N) is 4. The summed E-state index contributed by atoms with van der Waals surface area (Å²) in [6.07, 6.45) is 41.9. The molecule has 17 heterocycles. The van der Waals surface area contributed by atoms with Gasteiger partial charge in [-0.05, 0) is 187 Å². The molecule has 8 amide bonds. The lowest BCUT2D eigenvalue weighted by Crippen LogP contribution is -2.43. The highest BCUT2D eigenvalue weighted by molar-refractivity contribution is 6.51. The molecule has 19 aliphatic rings. The Morgan fingerprint density at radius 1 is 0.160 bits per heavy atom. The van der Waals surface area contributed by atoms with Gasteiger partial charge in [-0.25, -0.2) is 19.6 Å². The summed E-state index contributed by atoms with van der Waals surface area (Å²) in [7, 11) is 0. The van der Waals surface area contributed by atoms with Gasteiger partial charge in [-0.15, -0.1) is 0 Å². The first-order valence-corrected chi connectivity index (χ1v) is 53.9. The molecular weight excluding hydrogens is 1800 g/mol. The van der Waals surface area contributed by atoms with Gasteiger partial charge in [0.2, 0.25) is 11.6 Å². The molecule has 0 aromatic heterocycles. The molecule has 0 unspecified atom stereocenters.